The van der Waals surface area contributed by atoms with E-state index in [2.05, 4.69) is 20.6 Å². The second kappa shape index (κ2) is 17.0. The summed E-state index contributed by atoms with van der Waals surface area (Å²) < 4.78 is 0. The summed E-state index contributed by atoms with van der Waals surface area (Å²) in [7, 11) is 0. The van der Waals surface area contributed by atoms with E-state index in [1.54, 1.807) is 24.3 Å². The minimum absolute atomic E-state index is 0. The number of benzene rings is 2. The number of nitrogens with one attached hydrogen (secondary N) is 3. The van der Waals surface area contributed by atoms with Crippen LogP contribution in [0.4, 0.5) is 0 Å². The Balaban J connectivity index is 0.00000705. The number of hydrogen-bond acceptors (Lipinski definition) is 8. The van der Waals surface area contributed by atoms with Crippen LogP contribution in [-0.2, 0) is 35.3 Å². The van der Waals surface area contributed by atoms with Crippen LogP contribution in [0.3, 0.4) is 0 Å². The van der Waals surface area contributed by atoms with Crippen molar-refractivity contribution in [3.8, 4) is 11.5 Å². The Morgan fingerprint density at radius 1 is 0.778 bits per heavy atom. The number of phenolic OH excluding ortho intramolecular Hbond substituents is 2. The van der Waals surface area contributed by atoms with Gasteiger partial charge in [0.1, 0.15) is 17.2 Å². The van der Waals surface area contributed by atoms with Crippen molar-refractivity contribution in [3.05, 3.63) is 85.1 Å². The highest BCUT2D eigenvalue weighted by atomic mass is 35.5. The van der Waals surface area contributed by atoms with Crippen LogP contribution in [-0.4, -0.2) is 57.2 Å². The highest BCUT2D eigenvalue weighted by Gasteiger charge is 2.18. The zero-order valence-corrected chi connectivity index (χ0v) is 27.6. The molecule has 2 atom stereocenters. The Morgan fingerprint density at radius 2 is 1.18 bits per heavy atom. The Labute approximate surface area is 270 Å². The molecule has 0 spiro atoms. The number of amides is 2. The van der Waals surface area contributed by atoms with E-state index in [0.717, 1.165) is 33.4 Å². The van der Waals surface area contributed by atoms with Crippen LogP contribution in [0.2, 0.25) is 0 Å². The number of nitrogens with zero attached hydrogens (tertiary/aromatic N) is 1. The molecular weight excluding hydrogens is 596 g/mol. The number of halogens is 1. The normalized spacial score (nSPS) is 12.2. The summed E-state index contributed by atoms with van der Waals surface area (Å²) in [5.41, 5.74) is 19.3. The number of carbonyl (C=O) groups is 2. The molecule has 0 aliphatic heterocycles. The third kappa shape index (κ3) is 10.6. The fourth-order valence-electron chi connectivity index (χ4n) is 5.45. The predicted molar refractivity (Wildman–Crippen MR) is 178 cm³/mol. The van der Waals surface area contributed by atoms with Crippen LogP contribution in [0.25, 0.3) is 0 Å². The first-order valence-corrected chi connectivity index (χ1v) is 15.0. The Kier molecular flexibility index (Phi) is 14.0. The summed E-state index contributed by atoms with van der Waals surface area (Å²) in [5, 5.41) is 25.2. The number of aromatic nitrogens is 2. The highest BCUT2D eigenvalue weighted by molar-refractivity contribution is 5.85. The number of nitrogens with two attached hydrogens (primary N) is 2. The minimum Gasteiger partial charge on any atom is -0.508 e. The summed E-state index contributed by atoms with van der Waals surface area (Å²) >= 11 is 0. The number of hydrogen-bond donors (Lipinski definition) is 7. The van der Waals surface area contributed by atoms with Crippen LogP contribution < -0.4 is 27.7 Å². The van der Waals surface area contributed by atoms with Gasteiger partial charge in [-0.2, -0.15) is 0 Å². The lowest BCUT2D eigenvalue weighted by Gasteiger charge is -2.16. The quantitative estimate of drug-likeness (QED) is 0.130. The molecule has 0 bridgehead atoms. The van der Waals surface area contributed by atoms with E-state index in [1.807, 2.05) is 34.6 Å². The lowest BCUT2D eigenvalue weighted by atomic mass is 9.96. The first-order valence-electron chi connectivity index (χ1n) is 15.0. The van der Waals surface area contributed by atoms with Gasteiger partial charge in [-0.25, -0.2) is 0 Å². The van der Waals surface area contributed by atoms with Crippen molar-refractivity contribution in [2.24, 2.45) is 11.5 Å². The van der Waals surface area contributed by atoms with Gasteiger partial charge < -0.3 is 37.3 Å². The van der Waals surface area contributed by atoms with E-state index < -0.39 is 12.1 Å². The summed E-state index contributed by atoms with van der Waals surface area (Å²) in [5.74, 6) is -0.152. The average Bonchev–Trinajstić information content (AvgIpc) is 2.94. The van der Waals surface area contributed by atoms with Crippen LogP contribution in [0.15, 0.2) is 29.1 Å². The number of H-pyrrole nitrogens is 1. The molecule has 0 aliphatic rings. The maximum Gasteiger partial charge on any atom is 0.269 e. The third-order valence-corrected chi connectivity index (χ3v) is 7.94. The van der Waals surface area contributed by atoms with Gasteiger partial charge in [-0.1, -0.05) is 0 Å². The summed E-state index contributed by atoms with van der Waals surface area (Å²) in [6.45, 7) is 10.1. The maximum atomic E-state index is 12.7. The average molecular weight is 643 g/mol. The van der Waals surface area contributed by atoms with E-state index in [-0.39, 0.29) is 41.3 Å². The number of aromatic amines is 1. The van der Waals surface area contributed by atoms with Gasteiger partial charge >= 0.3 is 0 Å². The lowest BCUT2D eigenvalue weighted by molar-refractivity contribution is -0.123. The van der Waals surface area contributed by atoms with E-state index >= 15 is 0 Å². The molecule has 0 fully saturated rings. The highest BCUT2D eigenvalue weighted by Crippen LogP contribution is 2.23. The van der Waals surface area contributed by atoms with Gasteiger partial charge in [-0.3, -0.25) is 19.4 Å². The van der Waals surface area contributed by atoms with Gasteiger partial charge in [0.05, 0.1) is 17.8 Å². The molecule has 2 aromatic carbocycles. The van der Waals surface area contributed by atoms with Crippen molar-refractivity contribution in [1.29, 1.82) is 0 Å². The van der Waals surface area contributed by atoms with Gasteiger partial charge in [-0.05, 0) is 131 Å². The van der Waals surface area contributed by atoms with Gasteiger partial charge in [0, 0.05) is 18.8 Å². The molecule has 12 heteroatoms. The molecule has 1 aromatic heterocycles. The van der Waals surface area contributed by atoms with Crippen LogP contribution in [0.1, 0.15) is 63.3 Å². The van der Waals surface area contributed by atoms with Crippen molar-refractivity contribution < 1.29 is 19.8 Å². The predicted octanol–water partition coefficient (Wildman–Crippen LogP) is 2.38. The molecule has 0 saturated carbocycles. The summed E-state index contributed by atoms with van der Waals surface area (Å²) in [6, 6.07) is 5.19. The van der Waals surface area contributed by atoms with E-state index in [0.29, 0.717) is 68.7 Å². The van der Waals surface area contributed by atoms with Crippen molar-refractivity contribution in [3.63, 3.8) is 0 Å². The summed E-state index contributed by atoms with van der Waals surface area (Å²) in [4.78, 5) is 45.1. The Hall–Kier alpha value is -3.93. The largest absolute Gasteiger partial charge is 0.508 e. The molecule has 45 heavy (non-hydrogen) atoms. The van der Waals surface area contributed by atoms with Gasteiger partial charge in [0.25, 0.3) is 5.56 Å². The van der Waals surface area contributed by atoms with Crippen LogP contribution in [0.5, 0.6) is 11.5 Å². The monoisotopic (exact) mass is 642 g/mol. The second-order valence-electron chi connectivity index (χ2n) is 11.6. The minimum atomic E-state index is -0.729. The molecule has 9 N–H and O–H groups in total. The first-order chi connectivity index (χ1) is 20.8. The topological polar surface area (TPSA) is 196 Å². The standard InChI is InChI=1S/C33H46N6O5.ClH/c1-18-12-23(40)13-19(2)25(18)16-27(34)31(42)36-10-6-8-29-22(5)38-30(33(44)39-29)9-7-11-37-32(43)28(35)17-26-20(3)14-24(41)15-21(26)4;/h12-15,27-28,40-41H,6-11,16-17,34-35H2,1-5H3,(H,36,42)(H,37,43)(H,39,44);1H. The number of aromatic hydroxyl groups is 2. The SMILES string of the molecule is Cc1cc(O)cc(C)c1CC(N)C(=O)NCCCc1[nH]c(=O)c(CCCNC(=O)C(N)Cc2c(C)cc(O)cc2C)nc1C.Cl. The number of phenols is 2. The molecule has 0 radical (unpaired) electrons. The summed E-state index contributed by atoms with van der Waals surface area (Å²) in [6.07, 6.45) is 2.80. The number of aryl methyl sites for hydroxylation is 7. The van der Waals surface area contributed by atoms with Crippen LogP contribution >= 0.6 is 12.4 Å². The van der Waals surface area contributed by atoms with Gasteiger partial charge in [-0.15, -0.1) is 12.4 Å². The van der Waals surface area contributed by atoms with Crippen molar-refractivity contribution in [2.45, 2.75) is 85.2 Å². The Bertz CT molecular complexity index is 1510. The molecule has 11 nitrogen and oxygen atoms in total. The van der Waals surface area contributed by atoms with Gasteiger partial charge in [0.15, 0.2) is 0 Å². The third-order valence-electron chi connectivity index (χ3n) is 7.94. The lowest BCUT2D eigenvalue weighted by Crippen LogP contribution is -2.42. The van der Waals surface area contributed by atoms with Crippen molar-refractivity contribution in [2.75, 3.05) is 13.1 Å². The van der Waals surface area contributed by atoms with Crippen molar-refractivity contribution >= 4 is 24.2 Å². The molecular formula is C33H47ClN6O5. The van der Waals surface area contributed by atoms with Gasteiger partial charge in [0.2, 0.25) is 11.8 Å². The molecule has 3 aromatic rings. The molecule has 246 valence electrons. The smallest absolute Gasteiger partial charge is 0.269 e. The fraction of sp³-hybridized carbons (Fsp3) is 0.455. The first kappa shape index (κ1) is 37.3. The van der Waals surface area contributed by atoms with E-state index in [4.69, 9.17) is 11.5 Å². The molecule has 2 unspecified atom stereocenters. The molecule has 0 saturated heterocycles. The van der Waals surface area contributed by atoms with E-state index in [1.165, 1.54) is 0 Å². The number of rotatable bonds is 14. The molecule has 1 heterocycles. The second-order valence-corrected chi connectivity index (χ2v) is 11.6. The van der Waals surface area contributed by atoms with Crippen molar-refractivity contribution in [1.82, 2.24) is 20.6 Å². The van der Waals surface area contributed by atoms with E-state index in [9.17, 15) is 24.6 Å². The molecule has 2 amide bonds. The zero-order valence-electron chi connectivity index (χ0n) is 26.8. The molecule has 3 rings (SSSR count). The fourth-order valence-corrected chi connectivity index (χ4v) is 5.45. The maximum absolute atomic E-state index is 12.7. The molecule has 0 aliphatic carbocycles. The van der Waals surface area contributed by atoms with Crippen LogP contribution in [0, 0.1) is 34.6 Å². The zero-order chi connectivity index (χ0) is 32.6. The number of carbonyl (C=O) groups excluding carboxylic acids is 2. The Morgan fingerprint density at radius 3 is 1.60 bits per heavy atom.